The number of carbonyl (C=O) groups is 2. The van der Waals surface area contributed by atoms with Gasteiger partial charge in [-0.1, -0.05) is 17.7 Å². The summed E-state index contributed by atoms with van der Waals surface area (Å²) in [6.07, 6.45) is 2.26. The second-order valence-electron chi connectivity index (χ2n) is 9.38. The summed E-state index contributed by atoms with van der Waals surface area (Å²) >= 11 is 7.82. The lowest BCUT2D eigenvalue weighted by Crippen LogP contribution is -2.51. The number of hydrogen-bond donors (Lipinski definition) is 0. The summed E-state index contributed by atoms with van der Waals surface area (Å²) in [6.45, 7) is -3.09. The quantitative estimate of drug-likeness (QED) is 0.388. The number of carbonyl (C=O) groups excluding carboxylic acids is 2. The van der Waals surface area contributed by atoms with Crippen LogP contribution in [0.3, 0.4) is 0 Å². The van der Waals surface area contributed by atoms with Crippen LogP contribution in [0.2, 0.25) is 5.02 Å². The highest BCUT2D eigenvalue weighted by atomic mass is 35.5. The van der Waals surface area contributed by atoms with E-state index in [2.05, 4.69) is 10.1 Å². The van der Waals surface area contributed by atoms with Gasteiger partial charge in [0.05, 0.1) is 19.3 Å². The molecule has 208 valence electrons. The molecule has 2 atom stereocenters. The first-order valence-corrected chi connectivity index (χ1v) is 13.2. The lowest BCUT2D eigenvalue weighted by molar-refractivity contribution is -0.142. The summed E-state index contributed by atoms with van der Waals surface area (Å²) in [5.74, 6) is -0.731. The first-order valence-electron chi connectivity index (χ1n) is 12.0. The summed E-state index contributed by atoms with van der Waals surface area (Å²) in [7, 11) is 1.22. The zero-order valence-corrected chi connectivity index (χ0v) is 22.3. The minimum Gasteiger partial charge on any atom is -0.468 e. The van der Waals surface area contributed by atoms with Crippen molar-refractivity contribution in [3.63, 3.8) is 0 Å². The summed E-state index contributed by atoms with van der Waals surface area (Å²) in [4.78, 5) is 37.5. The van der Waals surface area contributed by atoms with Crippen molar-refractivity contribution < 1.29 is 32.2 Å². The third kappa shape index (κ3) is 4.31. The highest BCUT2D eigenvalue weighted by Gasteiger charge is 2.57. The molecular formula is C25H20ClF3N6O4S. The molecule has 1 aromatic carbocycles. The standard InChI is InChI=1S/C25H20ClF3N6O4S/c1-38-18(36)10-34-24(37)39-12-25(34)9-17-19(16-4-6-35(32-16)23(28)29)20(14-3-2-13(27)8-15(14)26)31-21(33(17)11-25)22-30-5-7-40-22/h2-8,20,23H,9-12H2,1H3/t20-,25+/m0/s1. The molecule has 6 rings (SSSR count). The molecule has 10 nitrogen and oxygen atoms in total. The number of amides is 1. The van der Waals surface area contributed by atoms with E-state index in [9.17, 15) is 22.8 Å². The lowest BCUT2D eigenvalue weighted by Gasteiger charge is -2.33. The van der Waals surface area contributed by atoms with Crippen molar-refractivity contribution in [2.75, 3.05) is 26.8 Å². The Kier molecular flexibility index (Phi) is 6.53. The van der Waals surface area contributed by atoms with Crippen molar-refractivity contribution in [1.82, 2.24) is 24.6 Å². The van der Waals surface area contributed by atoms with Gasteiger partial charge in [-0.25, -0.2) is 18.9 Å². The number of ether oxygens (including phenoxy) is 2. The predicted octanol–water partition coefficient (Wildman–Crippen LogP) is 4.51. The molecule has 0 bridgehead atoms. The number of alkyl halides is 2. The van der Waals surface area contributed by atoms with E-state index >= 15 is 0 Å². The van der Waals surface area contributed by atoms with Gasteiger partial charge < -0.3 is 14.4 Å². The van der Waals surface area contributed by atoms with Crippen LogP contribution in [-0.4, -0.2) is 74.8 Å². The molecule has 5 heterocycles. The number of rotatable bonds is 6. The van der Waals surface area contributed by atoms with Crippen LogP contribution < -0.4 is 0 Å². The molecule has 15 heteroatoms. The van der Waals surface area contributed by atoms with Crippen LogP contribution in [0.4, 0.5) is 18.0 Å². The number of aliphatic imine (C=N–C) groups is 1. The zero-order valence-electron chi connectivity index (χ0n) is 20.8. The maximum atomic E-state index is 14.0. The molecule has 0 unspecified atom stereocenters. The Morgan fingerprint density at radius 3 is 2.85 bits per heavy atom. The summed E-state index contributed by atoms with van der Waals surface area (Å²) < 4.78 is 51.8. The van der Waals surface area contributed by atoms with Crippen molar-refractivity contribution in [1.29, 1.82) is 0 Å². The molecule has 0 saturated carbocycles. The zero-order chi connectivity index (χ0) is 28.2. The molecule has 0 N–H and O–H groups in total. The fraction of sp³-hybridized carbons (Fsp3) is 0.320. The monoisotopic (exact) mass is 592 g/mol. The number of thiazole rings is 1. The van der Waals surface area contributed by atoms with Crippen LogP contribution in [0.15, 0.2) is 52.7 Å². The number of fused-ring (bicyclic) bond motifs is 1. The van der Waals surface area contributed by atoms with E-state index in [4.69, 9.17) is 26.1 Å². The molecule has 0 radical (unpaired) electrons. The van der Waals surface area contributed by atoms with Crippen molar-refractivity contribution in [3.8, 4) is 0 Å². The van der Waals surface area contributed by atoms with E-state index in [0.29, 0.717) is 32.4 Å². The van der Waals surface area contributed by atoms with Gasteiger partial charge in [-0.3, -0.25) is 14.7 Å². The van der Waals surface area contributed by atoms with Gasteiger partial charge in [-0.15, -0.1) is 11.3 Å². The number of esters is 1. The van der Waals surface area contributed by atoms with E-state index in [1.165, 1.54) is 41.5 Å². The minimum atomic E-state index is -2.88. The van der Waals surface area contributed by atoms with Crippen LogP contribution in [0.5, 0.6) is 0 Å². The Balaban J connectivity index is 1.57. The van der Waals surface area contributed by atoms with Crippen LogP contribution in [0, 0.1) is 5.82 Å². The largest absolute Gasteiger partial charge is 0.468 e. The highest BCUT2D eigenvalue weighted by Crippen LogP contribution is 2.50. The number of benzene rings is 1. The number of nitrogens with zero attached hydrogens (tertiary/aromatic N) is 6. The van der Waals surface area contributed by atoms with Crippen molar-refractivity contribution in [2.24, 2.45) is 4.99 Å². The number of aromatic nitrogens is 3. The second-order valence-corrected chi connectivity index (χ2v) is 10.7. The maximum Gasteiger partial charge on any atom is 0.411 e. The van der Waals surface area contributed by atoms with Crippen molar-refractivity contribution >= 4 is 46.4 Å². The molecule has 1 spiro atoms. The minimum absolute atomic E-state index is 0.0330. The number of hydrogen-bond acceptors (Lipinski definition) is 9. The van der Waals surface area contributed by atoms with Gasteiger partial charge in [0.1, 0.15) is 30.5 Å². The SMILES string of the molecule is COC(=O)CN1C(=O)OC[C@]12CC1=C(c3ccn(C(F)F)n3)[C@H](c3ccc(F)cc3Cl)N=C(c3nccs3)N1C2. The Morgan fingerprint density at radius 1 is 1.35 bits per heavy atom. The number of amidine groups is 1. The molecule has 2 aromatic heterocycles. The van der Waals surface area contributed by atoms with Gasteiger partial charge in [0.25, 0.3) is 0 Å². The van der Waals surface area contributed by atoms with Crippen LogP contribution >= 0.6 is 22.9 Å². The third-order valence-corrected chi connectivity index (χ3v) is 8.20. The molecular weight excluding hydrogens is 573 g/mol. The average Bonchev–Trinajstić information content (AvgIpc) is 3.72. The van der Waals surface area contributed by atoms with E-state index in [1.54, 1.807) is 11.6 Å². The van der Waals surface area contributed by atoms with Gasteiger partial charge in [0.2, 0.25) is 0 Å². The third-order valence-electron chi connectivity index (χ3n) is 7.10. The van der Waals surface area contributed by atoms with E-state index < -0.39 is 36.0 Å². The number of methoxy groups -OCH3 is 1. The normalized spacial score (nSPS) is 22.3. The van der Waals surface area contributed by atoms with Gasteiger partial charge in [-0.2, -0.15) is 13.9 Å². The van der Waals surface area contributed by atoms with E-state index in [-0.39, 0.29) is 36.8 Å². The van der Waals surface area contributed by atoms with Gasteiger partial charge in [0.15, 0.2) is 10.8 Å². The average molecular weight is 593 g/mol. The topological polar surface area (TPSA) is 102 Å². The summed E-state index contributed by atoms with van der Waals surface area (Å²) in [6, 6.07) is 4.45. The Bertz CT molecular complexity index is 1560. The molecule has 2 fully saturated rings. The number of halogens is 4. The van der Waals surface area contributed by atoms with E-state index in [0.717, 1.165) is 12.3 Å². The van der Waals surface area contributed by atoms with E-state index in [1.807, 2.05) is 4.90 Å². The maximum absolute atomic E-state index is 14.0. The fourth-order valence-electron chi connectivity index (χ4n) is 5.29. The van der Waals surface area contributed by atoms with Crippen molar-refractivity contribution in [2.45, 2.75) is 24.6 Å². The smallest absolute Gasteiger partial charge is 0.411 e. The van der Waals surface area contributed by atoms with Crippen LogP contribution in [0.25, 0.3) is 5.57 Å². The predicted molar refractivity (Wildman–Crippen MR) is 137 cm³/mol. The fourth-order valence-corrected chi connectivity index (χ4v) is 6.20. The Hall–Kier alpha value is -3.91. The Labute approximate surface area is 234 Å². The molecule has 3 aromatic rings. The first kappa shape index (κ1) is 26.3. The highest BCUT2D eigenvalue weighted by molar-refractivity contribution is 7.11. The number of cyclic esters (lactones) is 1. The molecule has 0 aliphatic carbocycles. The van der Waals surface area contributed by atoms with Gasteiger partial charge in [0, 0.05) is 46.1 Å². The van der Waals surface area contributed by atoms with Crippen molar-refractivity contribution in [3.05, 3.63) is 74.8 Å². The Morgan fingerprint density at radius 2 is 2.17 bits per heavy atom. The second kappa shape index (κ2) is 9.93. The van der Waals surface area contributed by atoms with Gasteiger partial charge in [-0.05, 0) is 18.2 Å². The molecule has 1 amide bonds. The molecule has 2 saturated heterocycles. The van der Waals surface area contributed by atoms with Crippen LogP contribution in [0.1, 0.15) is 35.3 Å². The lowest BCUT2D eigenvalue weighted by atomic mass is 9.90. The van der Waals surface area contributed by atoms with Gasteiger partial charge >= 0.3 is 18.6 Å². The first-order chi connectivity index (χ1) is 19.2. The molecule has 3 aliphatic rings. The molecule has 3 aliphatic heterocycles. The van der Waals surface area contributed by atoms with Crippen LogP contribution in [-0.2, 0) is 14.3 Å². The summed E-state index contributed by atoms with van der Waals surface area (Å²) in [5, 5.41) is 6.53. The molecule has 40 heavy (non-hydrogen) atoms. The summed E-state index contributed by atoms with van der Waals surface area (Å²) in [5.41, 5.74) is 0.684.